The zero-order valence-electron chi connectivity index (χ0n) is 16.3. The fourth-order valence-electron chi connectivity index (χ4n) is 4.11. The predicted molar refractivity (Wildman–Crippen MR) is 110 cm³/mol. The van der Waals surface area contributed by atoms with Gasteiger partial charge in [0.15, 0.2) is 0 Å². The number of aromatic nitrogens is 2. The number of likely N-dealkylation sites (tertiary alicyclic amines) is 1. The molecule has 3 heterocycles. The van der Waals surface area contributed by atoms with Gasteiger partial charge in [0.25, 0.3) is 0 Å². The van der Waals surface area contributed by atoms with E-state index in [1.807, 2.05) is 18.5 Å². The van der Waals surface area contributed by atoms with Crippen LogP contribution in [0.3, 0.4) is 0 Å². The highest BCUT2D eigenvalue weighted by Crippen LogP contribution is 2.35. The van der Waals surface area contributed by atoms with E-state index in [1.54, 1.807) is 7.11 Å². The molecule has 144 valence electrons. The lowest BCUT2D eigenvalue weighted by molar-refractivity contribution is 0.182. The quantitative estimate of drug-likeness (QED) is 0.602. The molecule has 1 aromatic carbocycles. The molecule has 0 amide bonds. The summed E-state index contributed by atoms with van der Waals surface area (Å²) >= 11 is 0. The number of rotatable bonds is 8. The lowest BCUT2D eigenvalue weighted by Gasteiger charge is -2.18. The maximum Gasteiger partial charge on any atom is 0.124 e. The van der Waals surface area contributed by atoms with Gasteiger partial charge in [-0.3, -0.25) is 4.98 Å². The zero-order valence-corrected chi connectivity index (χ0v) is 16.3. The molecule has 1 aliphatic rings. The minimum atomic E-state index is 0.273. The smallest absolute Gasteiger partial charge is 0.124 e. The van der Waals surface area contributed by atoms with E-state index in [4.69, 9.17) is 9.47 Å². The lowest BCUT2D eigenvalue weighted by Crippen LogP contribution is -2.22. The van der Waals surface area contributed by atoms with E-state index in [0.717, 1.165) is 41.7 Å². The van der Waals surface area contributed by atoms with E-state index >= 15 is 0 Å². The second-order valence-electron chi connectivity index (χ2n) is 7.59. The van der Waals surface area contributed by atoms with Crippen molar-refractivity contribution in [1.29, 1.82) is 0 Å². The summed E-state index contributed by atoms with van der Waals surface area (Å²) in [5.74, 6) is 1.24. The molecule has 5 nitrogen and oxygen atoms in total. The van der Waals surface area contributed by atoms with Crippen molar-refractivity contribution < 1.29 is 9.47 Å². The van der Waals surface area contributed by atoms with Crippen molar-refractivity contribution in [1.82, 2.24) is 14.9 Å². The highest BCUT2D eigenvalue weighted by atomic mass is 16.5. The molecule has 0 saturated carbocycles. The van der Waals surface area contributed by atoms with Crippen molar-refractivity contribution in [2.75, 3.05) is 40.0 Å². The van der Waals surface area contributed by atoms with Gasteiger partial charge in [0, 0.05) is 54.3 Å². The maximum atomic E-state index is 6.25. The van der Waals surface area contributed by atoms with Gasteiger partial charge in [-0.25, -0.2) is 0 Å². The topological polar surface area (TPSA) is 50.4 Å². The highest BCUT2D eigenvalue weighted by Gasteiger charge is 2.16. The van der Waals surface area contributed by atoms with E-state index in [1.165, 1.54) is 36.9 Å². The van der Waals surface area contributed by atoms with Crippen LogP contribution >= 0.6 is 0 Å². The number of nitrogens with zero attached hydrogens (tertiary/aromatic N) is 2. The SMILES string of the molecule is COC[C@@H](C)c1cc2c(cc1OCCCN1CCCC1)[nH]c1ccncc12. The monoisotopic (exact) mass is 367 g/mol. The Hall–Kier alpha value is -2.11. The molecule has 0 aliphatic carbocycles. The van der Waals surface area contributed by atoms with Crippen molar-refractivity contribution in [3.8, 4) is 5.75 Å². The van der Waals surface area contributed by atoms with E-state index in [-0.39, 0.29) is 5.92 Å². The van der Waals surface area contributed by atoms with Crippen molar-refractivity contribution in [2.45, 2.75) is 32.1 Å². The number of pyridine rings is 1. The highest BCUT2D eigenvalue weighted by molar-refractivity contribution is 6.07. The summed E-state index contributed by atoms with van der Waals surface area (Å²) in [5, 5.41) is 2.35. The Morgan fingerprint density at radius 2 is 2.04 bits per heavy atom. The van der Waals surface area contributed by atoms with Gasteiger partial charge in [0.1, 0.15) is 5.75 Å². The molecular weight excluding hydrogens is 338 g/mol. The molecule has 2 aromatic heterocycles. The van der Waals surface area contributed by atoms with Crippen LogP contribution < -0.4 is 4.74 Å². The molecule has 1 N–H and O–H groups in total. The minimum Gasteiger partial charge on any atom is -0.493 e. The number of ether oxygens (including phenoxy) is 2. The average Bonchev–Trinajstić information content (AvgIpc) is 3.32. The Morgan fingerprint density at radius 3 is 2.85 bits per heavy atom. The molecule has 5 heteroatoms. The van der Waals surface area contributed by atoms with Crippen LogP contribution in [0, 0.1) is 0 Å². The molecule has 1 atom stereocenters. The molecule has 0 bridgehead atoms. The average molecular weight is 367 g/mol. The van der Waals surface area contributed by atoms with E-state index in [0.29, 0.717) is 6.61 Å². The minimum absolute atomic E-state index is 0.273. The van der Waals surface area contributed by atoms with Gasteiger partial charge >= 0.3 is 0 Å². The molecule has 27 heavy (non-hydrogen) atoms. The first-order valence-corrected chi connectivity index (χ1v) is 9.99. The molecular formula is C22H29N3O2. The number of methoxy groups -OCH3 is 1. The summed E-state index contributed by atoms with van der Waals surface area (Å²) in [6.45, 7) is 7.22. The Balaban J connectivity index is 1.58. The summed E-state index contributed by atoms with van der Waals surface area (Å²) in [6, 6.07) is 6.41. The van der Waals surface area contributed by atoms with Gasteiger partial charge in [0.2, 0.25) is 0 Å². The van der Waals surface area contributed by atoms with Crippen molar-refractivity contribution in [2.24, 2.45) is 0 Å². The second-order valence-corrected chi connectivity index (χ2v) is 7.59. The van der Waals surface area contributed by atoms with Crippen molar-refractivity contribution >= 4 is 21.8 Å². The molecule has 1 aliphatic heterocycles. The number of hydrogen-bond acceptors (Lipinski definition) is 4. The summed E-state index contributed by atoms with van der Waals surface area (Å²) in [7, 11) is 1.75. The van der Waals surface area contributed by atoms with Crippen LogP contribution in [0.25, 0.3) is 21.8 Å². The molecule has 0 unspecified atom stereocenters. The number of benzene rings is 1. The van der Waals surface area contributed by atoms with Crippen LogP contribution in [0.15, 0.2) is 30.6 Å². The van der Waals surface area contributed by atoms with Crippen molar-refractivity contribution in [3.05, 3.63) is 36.2 Å². The molecule has 1 fully saturated rings. The van der Waals surface area contributed by atoms with Gasteiger partial charge in [-0.15, -0.1) is 0 Å². The summed E-state index contributed by atoms with van der Waals surface area (Å²) < 4.78 is 11.7. The van der Waals surface area contributed by atoms with Gasteiger partial charge in [-0.1, -0.05) is 6.92 Å². The fourth-order valence-corrected chi connectivity index (χ4v) is 4.11. The van der Waals surface area contributed by atoms with Crippen LogP contribution in [0.1, 0.15) is 37.7 Å². The number of hydrogen-bond donors (Lipinski definition) is 1. The zero-order chi connectivity index (χ0) is 18.6. The number of nitrogens with one attached hydrogen (secondary N) is 1. The third-order valence-electron chi connectivity index (χ3n) is 5.55. The van der Waals surface area contributed by atoms with E-state index in [9.17, 15) is 0 Å². The molecule has 3 aromatic rings. The first kappa shape index (κ1) is 18.3. The standard InChI is InChI=1S/C22H29N3O2/c1-16(15-26-2)17-12-18-19-14-23-7-6-20(19)24-21(18)13-22(17)27-11-5-10-25-8-3-4-9-25/h6-7,12-14,16,24H,3-5,8-11,15H2,1-2H3/t16-/m1/s1. The molecule has 0 radical (unpaired) electrons. The normalized spacial score (nSPS) is 16.4. The van der Waals surface area contributed by atoms with Crippen LogP contribution in [0.5, 0.6) is 5.75 Å². The third kappa shape index (κ3) is 3.94. The van der Waals surface area contributed by atoms with Gasteiger partial charge in [-0.2, -0.15) is 0 Å². The Kier molecular flexibility index (Phi) is 5.60. The predicted octanol–water partition coefficient (Wildman–Crippen LogP) is 4.33. The van der Waals surface area contributed by atoms with Gasteiger partial charge in [0.05, 0.1) is 18.7 Å². The fraction of sp³-hybridized carbons (Fsp3) is 0.500. The lowest BCUT2D eigenvalue weighted by atomic mass is 9.98. The summed E-state index contributed by atoms with van der Waals surface area (Å²) in [6.07, 6.45) is 7.49. The molecule has 4 rings (SSSR count). The summed E-state index contributed by atoms with van der Waals surface area (Å²) in [4.78, 5) is 10.3. The Labute approximate surface area is 160 Å². The number of H-pyrrole nitrogens is 1. The second kappa shape index (κ2) is 8.28. The Bertz CT molecular complexity index is 899. The number of aromatic amines is 1. The van der Waals surface area contributed by atoms with Crippen LogP contribution in [0.4, 0.5) is 0 Å². The molecule has 1 saturated heterocycles. The van der Waals surface area contributed by atoms with E-state index < -0.39 is 0 Å². The van der Waals surface area contributed by atoms with Crippen LogP contribution in [0.2, 0.25) is 0 Å². The molecule has 0 spiro atoms. The maximum absolute atomic E-state index is 6.25. The van der Waals surface area contributed by atoms with Gasteiger partial charge in [-0.05, 0) is 50.0 Å². The first-order chi connectivity index (χ1) is 13.3. The Morgan fingerprint density at radius 1 is 1.19 bits per heavy atom. The largest absolute Gasteiger partial charge is 0.493 e. The number of fused-ring (bicyclic) bond motifs is 3. The van der Waals surface area contributed by atoms with Crippen LogP contribution in [-0.4, -0.2) is 54.8 Å². The van der Waals surface area contributed by atoms with Crippen molar-refractivity contribution in [3.63, 3.8) is 0 Å². The summed E-state index contributed by atoms with van der Waals surface area (Å²) in [5.41, 5.74) is 3.41. The van der Waals surface area contributed by atoms with E-state index in [2.05, 4.69) is 33.9 Å². The van der Waals surface area contributed by atoms with Crippen LogP contribution in [-0.2, 0) is 4.74 Å². The third-order valence-corrected chi connectivity index (χ3v) is 5.55. The first-order valence-electron chi connectivity index (χ1n) is 9.99. The van der Waals surface area contributed by atoms with Gasteiger partial charge < -0.3 is 19.4 Å².